The Balaban J connectivity index is 1.79. The Labute approximate surface area is 174 Å². The van der Waals surface area contributed by atoms with Crippen molar-refractivity contribution in [3.8, 4) is 17.0 Å². The number of hydrogen-bond donors (Lipinski definition) is 0. The van der Waals surface area contributed by atoms with Crippen molar-refractivity contribution in [1.82, 2.24) is 4.98 Å². The van der Waals surface area contributed by atoms with Gasteiger partial charge in [0, 0.05) is 5.56 Å². The molecule has 2 aromatic rings. The van der Waals surface area contributed by atoms with E-state index in [0.717, 1.165) is 17.7 Å². The first kappa shape index (κ1) is 23.3. The zero-order valence-electron chi connectivity index (χ0n) is 17.9. The predicted octanol–water partition coefficient (Wildman–Crippen LogP) is 7.51. The lowest BCUT2D eigenvalue weighted by Gasteiger charge is -2.14. The number of aromatic nitrogens is 1. The molecule has 0 saturated carbocycles. The topological polar surface area (TPSA) is 22.1 Å². The van der Waals surface area contributed by atoms with Crippen LogP contribution in [0.3, 0.4) is 0 Å². The zero-order chi connectivity index (χ0) is 20.9. The Hall–Kier alpha value is -1.97. The van der Waals surface area contributed by atoms with Crippen LogP contribution in [0.15, 0.2) is 42.6 Å². The summed E-state index contributed by atoms with van der Waals surface area (Å²) in [5, 5.41) is 0. The molecule has 29 heavy (non-hydrogen) atoms. The summed E-state index contributed by atoms with van der Waals surface area (Å²) in [5.41, 5.74) is 3.24. The molecule has 0 bridgehead atoms. The van der Waals surface area contributed by atoms with Crippen LogP contribution in [0.4, 0.5) is 8.78 Å². The van der Waals surface area contributed by atoms with Crippen molar-refractivity contribution in [2.24, 2.45) is 0 Å². The van der Waals surface area contributed by atoms with Gasteiger partial charge in [0.1, 0.15) is 18.5 Å². The van der Waals surface area contributed by atoms with Gasteiger partial charge >= 0.3 is 0 Å². The van der Waals surface area contributed by atoms with Crippen molar-refractivity contribution in [3.63, 3.8) is 0 Å². The van der Waals surface area contributed by atoms with Crippen LogP contribution in [0.1, 0.15) is 70.8 Å². The Morgan fingerprint density at radius 1 is 0.828 bits per heavy atom. The molecule has 1 aromatic carbocycles. The highest BCUT2D eigenvalue weighted by atomic mass is 19.2. The van der Waals surface area contributed by atoms with Gasteiger partial charge in [0.05, 0.1) is 11.9 Å². The number of nitrogens with zero attached hydrogens (tertiary/aromatic N) is 1. The second kappa shape index (κ2) is 13.3. The first-order valence-corrected chi connectivity index (χ1v) is 11.1. The van der Waals surface area contributed by atoms with Crippen LogP contribution in [0.5, 0.6) is 5.75 Å². The number of halogens is 2. The molecular formula is C25H35F2NO. The van der Waals surface area contributed by atoms with Crippen molar-refractivity contribution >= 4 is 0 Å². The lowest BCUT2D eigenvalue weighted by molar-refractivity contribution is 0.103. The van der Waals surface area contributed by atoms with E-state index in [1.165, 1.54) is 44.1 Å². The second-order valence-corrected chi connectivity index (χ2v) is 7.73. The second-order valence-electron chi connectivity index (χ2n) is 7.73. The first-order chi connectivity index (χ1) is 14.1. The van der Waals surface area contributed by atoms with Crippen molar-refractivity contribution in [1.29, 1.82) is 0 Å². The van der Waals surface area contributed by atoms with E-state index in [-0.39, 0.29) is 13.0 Å². The third-order valence-corrected chi connectivity index (χ3v) is 5.17. The molecule has 160 valence electrons. The van der Waals surface area contributed by atoms with E-state index in [4.69, 9.17) is 4.74 Å². The van der Waals surface area contributed by atoms with Gasteiger partial charge in [-0.05, 0) is 37.0 Å². The average molecular weight is 404 g/mol. The minimum absolute atomic E-state index is 0.219. The number of aryl methyl sites for hydroxylation is 1. The van der Waals surface area contributed by atoms with Gasteiger partial charge in [-0.3, -0.25) is 4.98 Å². The molecule has 1 aromatic heterocycles. The van der Waals surface area contributed by atoms with Crippen molar-refractivity contribution < 1.29 is 13.5 Å². The molecule has 0 aliphatic rings. The summed E-state index contributed by atoms with van der Waals surface area (Å²) in [4.78, 5) is 4.40. The number of rotatable bonds is 14. The van der Waals surface area contributed by atoms with Crippen LogP contribution >= 0.6 is 0 Å². The number of hydrogen-bond acceptors (Lipinski definition) is 2. The molecular weight excluding hydrogens is 368 g/mol. The van der Waals surface area contributed by atoms with Crippen LogP contribution in [-0.4, -0.2) is 23.9 Å². The summed E-state index contributed by atoms with van der Waals surface area (Å²) in [6.45, 7) is 3.80. The number of ether oxygens (including phenoxy) is 1. The van der Waals surface area contributed by atoms with Gasteiger partial charge in [-0.25, -0.2) is 8.78 Å². The number of alkyl halides is 2. The third kappa shape index (κ3) is 8.51. The maximum absolute atomic E-state index is 13.7. The average Bonchev–Trinajstić information content (AvgIpc) is 2.75. The highest BCUT2D eigenvalue weighted by molar-refractivity contribution is 5.59. The minimum atomic E-state index is -1.60. The van der Waals surface area contributed by atoms with Gasteiger partial charge in [-0.15, -0.1) is 0 Å². The predicted molar refractivity (Wildman–Crippen MR) is 117 cm³/mol. The molecule has 0 saturated heterocycles. The molecule has 0 fully saturated rings. The first-order valence-electron chi connectivity index (χ1n) is 11.1. The van der Waals surface area contributed by atoms with E-state index < -0.39 is 12.3 Å². The maximum Gasteiger partial charge on any atom is 0.165 e. The normalized spacial score (nSPS) is 13.2. The van der Waals surface area contributed by atoms with E-state index in [2.05, 4.69) is 36.2 Å². The quantitative estimate of drug-likeness (QED) is 0.305. The number of benzene rings is 1. The van der Waals surface area contributed by atoms with Crippen molar-refractivity contribution in [2.75, 3.05) is 6.61 Å². The summed E-state index contributed by atoms with van der Waals surface area (Å²) >= 11 is 0. The molecule has 4 heteroatoms. The van der Waals surface area contributed by atoms with E-state index in [0.29, 0.717) is 12.2 Å². The molecule has 0 unspecified atom stereocenters. The fraction of sp³-hybridized carbons (Fsp3) is 0.560. The fourth-order valence-electron chi connectivity index (χ4n) is 3.32. The Morgan fingerprint density at radius 3 is 2.21 bits per heavy atom. The fourth-order valence-corrected chi connectivity index (χ4v) is 3.32. The van der Waals surface area contributed by atoms with Gasteiger partial charge in [0.15, 0.2) is 6.17 Å². The van der Waals surface area contributed by atoms with Gasteiger partial charge in [-0.1, -0.05) is 76.6 Å². The monoisotopic (exact) mass is 403 g/mol. The molecule has 2 rings (SSSR count). The van der Waals surface area contributed by atoms with Crippen molar-refractivity contribution in [2.45, 2.75) is 84.0 Å². The van der Waals surface area contributed by atoms with Gasteiger partial charge in [0.25, 0.3) is 0 Å². The molecule has 2 atom stereocenters. The lowest BCUT2D eigenvalue weighted by atomic mass is 10.0. The highest BCUT2D eigenvalue weighted by Gasteiger charge is 2.20. The zero-order valence-corrected chi connectivity index (χ0v) is 17.9. The van der Waals surface area contributed by atoms with E-state index in [1.54, 1.807) is 12.3 Å². The van der Waals surface area contributed by atoms with Gasteiger partial charge < -0.3 is 4.74 Å². The standard InChI is InChI=1S/C25H35F2NO/c1-3-5-6-7-8-9-11-20-12-14-21(15-13-20)25-17-16-22(18-28-25)29-19-24(27)23(26)10-4-2/h12-18,23-24H,3-11,19H2,1-2H3/t23-,24-/m1/s1. The Bertz CT molecular complexity index is 672. The molecule has 2 nitrogen and oxygen atoms in total. The summed E-state index contributed by atoms with van der Waals surface area (Å²) < 4.78 is 32.5. The number of pyridine rings is 1. The summed E-state index contributed by atoms with van der Waals surface area (Å²) in [7, 11) is 0. The van der Waals surface area contributed by atoms with Crippen LogP contribution in [0.2, 0.25) is 0 Å². The van der Waals surface area contributed by atoms with Gasteiger partial charge in [0.2, 0.25) is 0 Å². The minimum Gasteiger partial charge on any atom is -0.489 e. The molecule has 0 aliphatic heterocycles. The maximum atomic E-state index is 13.7. The lowest BCUT2D eigenvalue weighted by Crippen LogP contribution is -2.24. The molecule has 0 radical (unpaired) electrons. The van der Waals surface area contributed by atoms with Crippen LogP contribution in [0, 0.1) is 0 Å². The molecule has 0 N–H and O–H groups in total. The summed E-state index contributed by atoms with van der Waals surface area (Å²) in [6.07, 6.45) is 8.29. The summed E-state index contributed by atoms with van der Waals surface area (Å²) in [6, 6.07) is 12.1. The molecule has 0 amide bonds. The van der Waals surface area contributed by atoms with E-state index >= 15 is 0 Å². The molecule has 0 spiro atoms. The summed E-state index contributed by atoms with van der Waals surface area (Å²) in [5.74, 6) is 0.458. The molecule has 0 aliphatic carbocycles. The van der Waals surface area contributed by atoms with Crippen molar-refractivity contribution in [3.05, 3.63) is 48.2 Å². The van der Waals surface area contributed by atoms with Gasteiger partial charge in [-0.2, -0.15) is 0 Å². The smallest absolute Gasteiger partial charge is 0.165 e. The van der Waals surface area contributed by atoms with Crippen LogP contribution in [0.25, 0.3) is 11.3 Å². The molecule has 1 heterocycles. The highest BCUT2D eigenvalue weighted by Crippen LogP contribution is 2.21. The number of unbranched alkanes of at least 4 members (excludes halogenated alkanes) is 5. The Kier molecular flexibility index (Phi) is 10.7. The largest absolute Gasteiger partial charge is 0.489 e. The SMILES string of the molecule is CCCCCCCCc1ccc(-c2ccc(OC[C@@H](F)[C@H](F)CCC)cn2)cc1. The van der Waals surface area contributed by atoms with E-state index in [1.807, 2.05) is 13.0 Å². The Morgan fingerprint density at radius 2 is 1.55 bits per heavy atom. The van der Waals surface area contributed by atoms with E-state index in [9.17, 15) is 8.78 Å². The third-order valence-electron chi connectivity index (χ3n) is 5.17. The van der Waals surface area contributed by atoms with Crippen LogP contribution < -0.4 is 4.74 Å². The van der Waals surface area contributed by atoms with Crippen LogP contribution in [-0.2, 0) is 6.42 Å².